The molecule has 0 spiro atoms. The molecule has 6 nitrogen and oxygen atoms in total. The number of hydrogen-bond acceptors (Lipinski definition) is 4. The van der Waals surface area contributed by atoms with Crippen LogP contribution in [0.25, 0.3) is 0 Å². The number of amides is 1. The number of aromatic amines is 1. The van der Waals surface area contributed by atoms with Gasteiger partial charge >= 0.3 is 0 Å². The van der Waals surface area contributed by atoms with Crippen LogP contribution in [0.15, 0.2) is 27.8 Å². The van der Waals surface area contributed by atoms with Gasteiger partial charge in [-0.25, -0.2) is 0 Å². The highest BCUT2D eigenvalue weighted by atomic mass is 16.3. The van der Waals surface area contributed by atoms with Crippen LogP contribution < -0.4 is 10.9 Å². The smallest absolute Gasteiger partial charge is 0.266 e. The van der Waals surface area contributed by atoms with Gasteiger partial charge in [-0.15, -0.1) is 0 Å². The normalized spacial score (nSPS) is 10.2. The number of carbonyl (C=O) groups excluding carboxylic acids is 1. The van der Waals surface area contributed by atoms with Crippen LogP contribution in [0.3, 0.4) is 0 Å². The Balaban J connectivity index is 2.01. The third-order valence-electron chi connectivity index (χ3n) is 3.59. The molecule has 114 valence electrons. The molecule has 0 unspecified atom stereocenters. The summed E-state index contributed by atoms with van der Waals surface area (Å²) in [4.78, 5) is 26.2. The van der Waals surface area contributed by atoms with Gasteiger partial charge in [-0.05, 0) is 37.5 Å². The molecule has 0 bridgehead atoms. The van der Waals surface area contributed by atoms with E-state index in [2.05, 4.69) is 10.3 Å². The Morgan fingerprint density at radius 1 is 1.45 bits per heavy atom. The fourth-order valence-electron chi connectivity index (χ4n) is 2.34. The van der Waals surface area contributed by atoms with Gasteiger partial charge in [-0.2, -0.15) is 5.26 Å². The number of nitrogens with zero attached hydrogens (tertiary/aromatic N) is 1. The molecule has 0 saturated heterocycles. The van der Waals surface area contributed by atoms with E-state index in [0.717, 1.165) is 11.1 Å². The number of aromatic nitrogens is 1. The van der Waals surface area contributed by atoms with Crippen molar-refractivity contribution >= 4 is 5.91 Å². The molecule has 2 aromatic heterocycles. The molecule has 0 aliphatic rings. The highest BCUT2D eigenvalue weighted by molar-refractivity contribution is 5.76. The minimum Gasteiger partial charge on any atom is -0.472 e. The zero-order chi connectivity index (χ0) is 16.1. The Labute approximate surface area is 127 Å². The third-order valence-corrected chi connectivity index (χ3v) is 3.59. The average Bonchev–Trinajstić information content (AvgIpc) is 2.98. The van der Waals surface area contributed by atoms with Crippen molar-refractivity contribution in [1.29, 1.82) is 5.26 Å². The van der Waals surface area contributed by atoms with E-state index in [-0.39, 0.29) is 23.5 Å². The zero-order valence-corrected chi connectivity index (χ0v) is 12.5. The molecule has 6 heteroatoms. The van der Waals surface area contributed by atoms with Crippen molar-refractivity contribution < 1.29 is 9.21 Å². The van der Waals surface area contributed by atoms with Gasteiger partial charge < -0.3 is 14.7 Å². The maximum absolute atomic E-state index is 11.9. The monoisotopic (exact) mass is 299 g/mol. The fraction of sp³-hybridized carbons (Fsp3) is 0.312. The fourth-order valence-corrected chi connectivity index (χ4v) is 2.34. The number of nitrogens with one attached hydrogen (secondary N) is 2. The molecule has 0 aromatic carbocycles. The van der Waals surface area contributed by atoms with E-state index in [1.54, 1.807) is 32.4 Å². The van der Waals surface area contributed by atoms with E-state index in [4.69, 9.17) is 9.68 Å². The lowest BCUT2D eigenvalue weighted by atomic mass is 9.99. The molecule has 0 fully saturated rings. The molecule has 2 rings (SSSR count). The first-order chi connectivity index (χ1) is 10.5. The van der Waals surface area contributed by atoms with E-state index in [9.17, 15) is 9.59 Å². The largest absolute Gasteiger partial charge is 0.472 e. The number of aryl methyl sites for hydroxylation is 1. The summed E-state index contributed by atoms with van der Waals surface area (Å²) in [5, 5.41) is 11.8. The topological polar surface area (TPSA) is 98.9 Å². The Morgan fingerprint density at radius 3 is 2.86 bits per heavy atom. The van der Waals surface area contributed by atoms with E-state index in [0.29, 0.717) is 24.2 Å². The van der Waals surface area contributed by atoms with Crippen LogP contribution in [-0.2, 0) is 17.8 Å². The molecule has 22 heavy (non-hydrogen) atoms. The molecule has 0 aliphatic heterocycles. The van der Waals surface area contributed by atoms with E-state index >= 15 is 0 Å². The van der Waals surface area contributed by atoms with Crippen molar-refractivity contribution in [2.24, 2.45) is 0 Å². The summed E-state index contributed by atoms with van der Waals surface area (Å²) in [5.74, 6) is -0.0929. The second-order valence-electron chi connectivity index (χ2n) is 5.08. The molecule has 0 radical (unpaired) electrons. The van der Waals surface area contributed by atoms with Crippen LogP contribution in [0.5, 0.6) is 0 Å². The first-order valence-electron chi connectivity index (χ1n) is 6.93. The van der Waals surface area contributed by atoms with Gasteiger partial charge in [0.25, 0.3) is 5.56 Å². The van der Waals surface area contributed by atoms with Gasteiger partial charge in [0.2, 0.25) is 5.91 Å². The average molecular weight is 299 g/mol. The van der Waals surface area contributed by atoms with Crippen LogP contribution in [0.2, 0.25) is 0 Å². The van der Waals surface area contributed by atoms with Crippen molar-refractivity contribution in [3.8, 4) is 6.07 Å². The Hall–Kier alpha value is -2.81. The van der Waals surface area contributed by atoms with Crippen molar-refractivity contribution in [2.45, 2.75) is 33.2 Å². The van der Waals surface area contributed by atoms with E-state index in [1.807, 2.05) is 6.07 Å². The maximum atomic E-state index is 11.9. The molecule has 0 atom stereocenters. The number of hydrogen-bond donors (Lipinski definition) is 2. The van der Waals surface area contributed by atoms with Crippen LogP contribution in [0.1, 0.15) is 34.4 Å². The minimum absolute atomic E-state index is 0.0929. The van der Waals surface area contributed by atoms with Gasteiger partial charge in [0, 0.05) is 24.2 Å². The van der Waals surface area contributed by atoms with Crippen molar-refractivity contribution in [2.75, 3.05) is 0 Å². The van der Waals surface area contributed by atoms with Crippen LogP contribution >= 0.6 is 0 Å². The van der Waals surface area contributed by atoms with Crippen molar-refractivity contribution in [3.05, 3.63) is 56.9 Å². The standard InChI is InChI=1S/C16H17N3O3/c1-10-13(11(2)19-16(21)14(10)7-17)3-4-15(20)18-8-12-5-6-22-9-12/h5-6,9H,3-4,8H2,1-2H3,(H,18,20)(H,19,21). The number of H-pyrrole nitrogens is 1. The molecule has 2 heterocycles. The first kappa shape index (κ1) is 15.6. The Morgan fingerprint density at radius 2 is 2.23 bits per heavy atom. The van der Waals surface area contributed by atoms with Gasteiger partial charge in [0.05, 0.1) is 12.5 Å². The number of carbonyl (C=O) groups is 1. The molecule has 0 saturated carbocycles. The summed E-state index contributed by atoms with van der Waals surface area (Å²) < 4.78 is 4.93. The van der Waals surface area contributed by atoms with Crippen molar-refractivity contribution in [3.63, 3.8) is 0 Å². The maximum Gasteiger partial charge on any atom is 0.266 e. The lowest BCUT2D eigenvalue weighted by Gasteiger charge is -2.10. The molecule has 2 N–H and O–H groups in total. The summed E-state index contributed by atoms with van der Waals surface area (Å²) in [5.41, 5.74) is 2.81. The quantitative estimate of drug-likeness (QED) is 0.877. The second kappa shape index (κ2) is 6.76. The summed E-state index contributed by atoms with van der Waals surface area (Å²) in [6.45, 7) is 3.93. The van der Waals surface area contributed by atoms with E-state index in [1.165, 1.54) is 0 Å². The lowest BCUT2D eigenvalue weighted by molar-refractivity contribution is -0.121. The summed E-state index contributed by atoms with van der Waals surface area (Å²) in [7, 11) is 0. The van der Waals surface area contributed by atoms with Crippen LogP contribution in [0, 0.1) is 25.2 Å². The number of pyridine rings is 1. The zero-order valence-electron chi connectivity index (χ0n) is 12.5. The first-order valence-corrected chi connectivity index (χ1v) is 6.93. The Kier molecular flexibility index (Phi) is 4.79. The third kappa shape index (κ3) is 3.44. The van der Waals surface area contributed by atoms with Gasteiger partial charge in [-0.1, -0.05) is 0 Å². The SMILES string of the molecule is Cc1[nH]c(=O)c(C#N)c(C)c1CCC(=O)NCc1ccoc1. The summed E-state index contributed by atoms with van der Waals surface area (Å²) in [6, 6.07) is 3.70. The second-order valence-corrected chi connectivity index (χ2v) is 5.08. The summed E-state index contributed by atoms with van der Waals surface area (Å²) in [6.07, 6.45) is 3.89. The number of rotatable bonds is 5. The van der Waals surface area contributed by atoms with Gasteiger partial charge in [-0.3, -0.25) is 9.59 Å². The van der Waals surface area contributed by atoms with E-state index < -0.39 is 0 Å². The predicted molar refractivity (Wildman–Crippen MR) is 80.1 cm³/mol. The highest BCUT2D eigenvalue weighted by Gasteiger charge is 2.13. The van der Waals surface area contributed by atoms with Gasteiger partial charge in [0.15, 0.2) is 0 Å². The Bertz CT molecular complexity index is 767. The molecule has 1 amide bonds. The number of nitriles is 1. The molecule has 2 aromatic rings. The minimum atomic E-state index is -0.384. The highest BCUT2D eigenvalue weighted by Crippen LogP contribution is 2.14. The van der Waals surface area contributed by atoms with Crippen LogP contribution in [0.4, 0.5) is 0 Å². The van der Waals surface area contributed by atoms with Crippen molar-refractivity contribution in [1.82, 2.24) is 10.3 Å². The molecular formula is C16H17N3O3. The van der Waals surface area contributed by atoms with Crippen LogP contribution in [-0.4, -0.2) is 10.9 Å². The molecular weight excluding hydrogens is 282 g/mol. The number of furan rings is 1. The predicted octanol–water partition coefficient (Wildman–Crippen LogP) is 1.71. The van der Waals surface area contributed by atoms with Gasteiger partial charge in [0.1, 0.15) is 11.6 Å². The molecule has 0 aliphatic carbocycles. The lowest BCUT2D eigenvalue weighted by Crippen LogP contribution is -2.23. The summed E-state index contributed by atoms with van der Waals surface area (Å²) >= 11 is 0.